The molecule has 8 nitrogen and oxygen atoms in total. The number of aromatic nitrogens is 3. The summed E-state index contributed by atoms with van der Waals surface area (Å²) in [7, 11) is -2.92. The zero-order valence-corrected chi connectivity index (χ0v) is 18.5. The van der Waals surface area contributed by atoms with Crippen LogP contribution in [0.15, 0.2) is 61.1 Å². The Labute approximate surface area is 187 Å². The number of hydrogen-bond acceptors (Lipinski definition) is 6. The Balaban J connectivity index is 1.38. The number of amides is 1. The quantitative estimate of drug-likeness (QED) is 0.602. The highest BCUT2D eigenvalue weighted by atomic mass is 32.2. The van der Waals surface area contributed by atoms with Gasteiger partial charge in [0.05, 0.1) is 22.8 Å². The smallest absolute Gasteiger partial charge is 0.257 e. The van der Waals surface area contributed by atoms with Crippen LogP contribution in [0.25, 0.3) is 16.9 Å². The third-order valence-electron chi connectivity index (χ3n) is 6.23. The highest BCUT2D eigenvalue weighted by Gasteiger charge is 2.35. The number of sulfone groups is 1. The number of hydrogen-bond donors (Lipinski definition) is 0. The van der Waals surface area contributed by atoms with Gasteiger partial charge >= 0.3 is 0 Å². The Hall–Kier alpha value is -3.04. The molecule has 32 heavy (non-hydrogen) atoms. The largest absolute Gasteiger partial charge is 0.336 e. The summed E-state index contributed by atoms with van der Waals surface area (Å²) in [6.07, 6.45) is 5.88. The summed E-state index contributed by atoms with van der Waals surface area (Å²) in [5.41, 5.74) is 2.82. The molecule has 2 aliphatic rings. The third kappa shape index (κ3) is 4.18. The fourth-order valence-corrected chi connectivity index (χ4v) is 6.24. The van der Waals surface area contributed by atoms with Crippen LogP contribution < -0.4 is 0 Å². The number of benzene rings is 1. The first-order chi connectivity index (χ1) is 15.5. The first-order valence-electron chi connectivity index (χ1n) is 10.8. The van der Waals surface area contributed by atoms with Gasteiger partial charge in [-0.05, 0) is 30.7 Å². The molecule has 0 bridgehead atoms. The Bertz CT molecular complexity index is 1200. The van der Waals surface area contributed by atoms with Crippen molar-refractivity contribution in [3.8, 4) is 16.9 Å². The van der Waals surface area contributed by atoms with Gasteiger partial charge in [-0.2, -0.15) is 5.10 Å². The van der Waals surface area contributed by atoms with E-state index in [9.17, 15) is 13.2 Å². The summed E-state index contributed by atoms with van der Waals surface area (Å²) in [6.45, 7) is 2.50. The number of para-hydroxylation sites is 1. The van der Waals surface area contributed by atoms with Crippen LogP contribution in [-0.2, 0) is 9.84 Å². The average molecular weight is 452 g/mol. The molecule has 2 aromatic heterocycles. The van der Waals surface area contributed by atoms with Crippen molar-refractivity contribution in [1.29, 1.82) is 0 Å². The van der Waals surface area contributed by atoms with Crippen LogP contribution in [-0.4, -0.2) is 82.6 Å². The van der Waals surface area contributed by atoms with Crippen molar-refractivity contribution in [1.82, 2.24) is 24.6 Å². The zero-order chi connectivity index (χ0) is 22.1. The van der Waals surface area contributed by atoms with E-state index in [1.54, 1.807) is 23.3 Å². The molecule has 9 heteroatoms. The molecular formula is C23H25N5O3S. The molecule has 0 saturated carbocycles. The van der Waals surface area contributed by atoms with Gasteiger partial charge in [-0.25, -0.2) is 13.1 Å². The first-order valence-corrected chi connectivity index (χ1v) is 12.6. The van der Waals surface area contributed by atoms with Crippen LogP contribution in [0.3, 0.4) is 0 Å². The normalized spacial score (nSPS) is 21.0. The number of carbonyl (C=O) groups is 1. The van der Waals surface area contributed by atoms with Gasteiger partial charge in [0, 0.05) is 56.4 Å². The molecule has 3 aromatic rings. The number of nitrogens with zero attached hydrogens (tertiary/aromatic N) is 5. The van der Waals surface area contributed by atoms with E-state index in [-0.39, 0.29) is 23.5 Å². The lowest BCUT2D eigenvalue weighted by molar-refractivity contribution is 0.0588. The van der Waals surface area contributed by atoms with Crippen molar-refractivity contribution >= 4 is 15.7 Å². The highest BCUT2D eigenvalue weighted by molar-refractivity contribution is 7.91. The topological polar surface area (TPSA) is 88.4 Å². The van der Waals surface area contributed by atoms with E-state index in [1.165, 1.54) is 0 Å². The first kappa shape index (κ1) is 20.8. The predicted molar refractivity (Wildman–Crippen MR) is 121 cm³/mol. The van der Waals surface area contributed by atoms with Crippen molar-refractivity contribution in [2.45, 2.75) is 12.5 Å². The molecule has 0 radical (unpaired) electrons. The molecular weight excluding hydrogens is 426 g/mol. The SMILES string of the molecule is O=C(c1cn(-c2ccccc2)nc1-c1cccnc1)N1CCN([C@@H]2CCS(=O)(=O)C2)CC1. The van der Waals surface area contributed by atoms with E-state index >= 15 is 0 Å². The number of piperazine rings is 1. The molecule has 4 heterocycles. The maximum atomic E-state index is 13.5. The molecule has 0 unspecified atom stereocenters. The third-order valence-corrected chi connectivity index (χ3v) is 7.98. The fourth-order valence-electron chi connectivity index (χ4n) is 4.48. The van der Waals surface area contributed by atoms with Crippen molar-refractivity contribution < 1.29 is 13.2 Å². The molecule has 1 amide bonds. The second kappa shape index (κ2) is 8.48. The lowest BCUT2D eigenvalue weighted by Gasteiger charge is -2.37. The maximum Gasteiger partial charge on any atom is 0.257 e. The van der Waals surface area contributed by atoms with Crippen LogP contribution in [0.5, 0.6) is 0 Å². The highest BCUT2D eigenvalue weighted by Crippen LogP contribution is 2.26. The second-order valence-corrected chi connectivity index (χ2v) is 10.5. The van der Waals surface area contributed by atoms with Crippen LogP contribution in [0.1, 0.15) is 16.8 Å². The minimum Gasteiger partial charge on any atom is -0.336 e. The molecule has 0 aliphatic carbocycles. The average Bonchev–Trinajstić information content (AvgIpc) is 3.43. The predicted octanol–water partition coefficient (Wildman–Crippen LogP) is 1.88. The van der Waals surface area contributed by atoms with Crippen molar-refractivity contribution in [2.24, 2.45) is 0 Å². The number of pyridine rings is 1. The van der Waals surface area contributed by atoms with Gasteiger partial charge in [0.2, 0.25) is 0 Å². The summed E-state index contributed by atoms with van der Waals surface area (Å²) < 4.78 is 25.4. The van der Waals surface area contributed by atoms with E-state index in [2.05, 4.69) is 9.88 Å². The molecule has 0 N–H and O–H groups in total. The van der Waals surface area contributed by atoms with Gasteiger partial charge in [-0.15, -0.1) is 0 Å². The van der Waals surface area contributed by atoms with Gasteiger partial charge in [0.1, 0.15) is 5.69 Å². The lowest BCUT2D eigenvalue weighted by atomic mass is 10.1. The standard InChI is InChI=1S/C23H25N5O3S/c29-23(27-12-10-26(11-13-27)20-8-14-32(30,31)17-20)21-16-28(19-6-2-1-3-7-19)25-22(21)18-5-4-9-24-15-18/h1-7,9,15-16,20H,8,10-14,17H2/t20-/m1/s1. The van der Waals surface area contributed by atoms with E-state index in [4.69, 9.17) is 5.10 Å². The van der Waals surface area contributed by atoms with Crippen LogP contribution in [0.2, 0.25) is 0 Å². The number of carbonyl (C=O) groups excluding carboxylic acids is 1. The summed E-state index contributed by atoms with van der Waals surface area (Å²) in [6, 6.07) is 13.5. The van der Waals surface area contributed by atoms with E-state index in [0.717, 1.165) is 11.3 Å². The van der Waals surface area contributed by atoms with Crippen LogP contribution in [0.4, 0.5) is 0 Å². The summed E-state index contributed by atoms with van der Waals surface area (Å²) in [5.74, 6) is 0.435. The Kier molecular flexibility index (Phi) is 5.52. The summed E-state index contributed by atoms with van der Waals surface area (Å²) in [5, 5.41) is 4.71. The summed E-state index contributed by atoms with van der Waals surface area (Å²) >= 11 is 0. The summed E-state index contributed by atoms with van der Waals surface area (Å²) in [4.78, 5) is 21.8. The van der Waals surface area contributed by atoms with Gasteiger partial charge in [0.25, 0.3) is 5.91 Å². The minimum absolute atomic E-state index is 0.0651. The van der Waals surface area contributed by atoms with Gasteiger partial charge in [-0.1, -0.05) is 18.2 Å². The van der Waals surface area contributed by atoms with E-state index < -0.39 is 9.84 Å². The van der Waals surface area contributed by atoms with Gasteiger partial charge in [-0.3, -0.25) is 14.7 Å². The second-order valence-electron chi connectivity index (χ2n) is 8.30. The minimum atomic E-state index is -2.92. The zero-order valence-electron chi connectivity index (χ0n) is 17.7. The maximum absolute atomic E-state index is 13.5. The molecule has 1 atom stereocenters. The molecule has 2 aliphatic heterocycles. The number of rotatable bonds is 4. The Morgan fingerprint density at radius 1 is 1.00 bits per heavy atom. The fraction of sp³-hybridized carbons (Fsp3) is 0.348. The molecule has 1 aromatic carbocycles. The molecule has 5 rings (SSSR count). The van der Waals surface area contributed by atoms with Gasteiger partial charge < -0.3 is 4.90 Å². The van der Waals surface area contributed by atoms with Crippen LogP contribution in [0, 0.1) is 0 Å². The van der Waals surface area contributed by atoms with E-state index in [1.807, 2.05) is 47.4 Å². The molecule has 166 valence electrons. The molecule has 2 fully saturated rings. The monoisotopic (exact) mass is 451 g/mol. The van der Waals surface area contributed by atoms with Crippen molar-refractivity contribution in [2.75, 3.05) is 37.7 Å². The molecule has 0 spiro atoms. The van der Waals surface area contributed by atoms with Crippen molar-refractivity contribution in [3.05, 3.63) is 66.6 Å². The Morgan fingerprint density at radius 3 is 2.44 bits per heavy atom. The van der Waals surface area contributed by atoms with Crippen molar-refractivity contribution in [3.63, 3.8) is 0 Å². The van der Waals surface area contributed by atoms with E-state index in [0.29, 0.717) is 43.9 Å². The Morgan fingerprint density at radius 2 is 1.78 bits per heavy atom. The lowest BCUT2D eigenvalue weighted by Crippen LogP contribution is -2.52. The van der Waals surface area contributed by atoms with Crippen LogP contribution >= 0.6 is 0 Å². The molecule has 2 saturated heterocycles. The van der Waals surface area contributed by atoms with Gasteiger partial charge in [0.15, 0.2) is 9.84 Å².